The zero-order chi connectivity index (χ0) is 16.4. The Bertz CT molecular complexity index is 942. The molecule has 0 aliphatic rings. The lowest BCUT2D eigenvalue weighted by Crippen LogP contribution is -1.92. The summed E-state index contributed by atoms with van der Waals surface area (Å²) in [5, 5.41) is 21.0. The van der Waals surface area contributed by atoms with Gasteiger partial charge in [0.2, 0.25) is 5.88 Å². The van der Waals surface area contributed by atoms with Crippen molar-refractivity contribution in [3.05, 3.63) is 58.6 Å². The summed E-state index contributed by atoms with van der Waals surface area (Å²) in [4.78, 5) is 8.03. The number of aromatic nitrogens is 2. The van der Waals surface area contributed by atoms with Crippen LogP contribution in [0.2, 0.25) is 5.02 Å². The number of thioether (sulfide) groups is 1. The quantitative estimate of drug-likeness (QED) is 0.717. The summed E-state index contributed by atoms with van der Waals surface area (Å²) in [6.07, 6.45) is 3.23. The highest BCUT2D eigenvalue weighted by molar-refractivity contribution is 7.98. The van der Waals surface area contributed by atoms with Crippen molar-refractivity contribution in [2.75, 3.05) is 0 Å². The molecule has 0 amide bonds. The van der Waals surface area contributed by atoms with Crippen molar-refractivity contribution >= 4 is 34.1 Å². The number of nitrogens with zero attached hydrogens (tertiary/aromatic N) is 3. The van der Waals surface area contributed by atoms with Gasteiger partial charge >= 0.3 is 0 Å². The van der Waals surface area contributed by atoms with Gasteiger partial charge in [-0.1, -0.05) is 11.6 Å². The van der Waals surface area contributed by atoms with E-state index in [2.05, 4.69) is 9.97 Å². The predicted octanol–water partition coefficient (Wildman–Crippen LogP) is 4.29. The third-order valence-corrected chi connectivity index (χ3v) is 4.64. The van der Waals surface area contributed by atoms with E-state index >= 15 is 0 Å². The van der Waals surface area contributed by atoms with Gasteiger partial charge in [-0.05, 0) is 29.8 Å². The van der Waals surface area contributed by atoms with E-state index in [0.717, 1.165) is 5.56 Å². The molecule has 3 rings (SSSR count). The fourth-order valence-corrected chi connectivity index (χ4v) is 3.38. The van der Waals surface area contributed by atoms with Crippen LogP contribution in [0.4, 0.5) is 4.39 Å². The van der Waals surface area contributed by atoms with E-state index in [1.54, 1.807) is 18.5 Å². The number of pyridine rings is 2. The summed E-state index contributed by atoms with van der Waals surface area (Å²) in [6.45, 7) is 0. The normalized spacial score (nSPS) is 10.7. The molecule has 0 aliphatic heterocycles. The van der Waals surface area contributed by atoms with Crippen molar-refractivity contribution in [1.82, 2.24) is 9.97 Å². The van der Waals surface area contributed by atoms with E-state index in [9.17, 15) is 9.50 Å². The van der Waals surface area contributed by atoms with Gasteiger partial charge in [0, 0.05) is 33.9 Å². The average molecular weight is 346 g/mol. The Labute approximate surface area is 140 Å². The third-order valence-electron chi connectivity index (χ3n) is 3.23. The van der Waals surface area contributed by atoms with Crippen molar-refractivity contribution < 1.29 is 9.50 Å². The van der Waals surface area contributed by atoms with Crippen molar-refractivity contribution in [3.63, 3.8) is 0 Å². The minimum absolute atomic E-state index is 0.0313. The molecule has 0 saturated heterocycles. The van der Waals surface area contributed by atoms with Crippen LogP contribution >= 0.6 is 23.4 Å². The minimum Gasteiger partial charge on any atom is -0.492 e. The van der Waals surface area contributed by atoms with E-state index in [1.807, 2.05) is 6.07 Å². The number of nitriles is 1. The molecular weight excluding hydrogens is 337 g/mol. The highest BCUT2D eigenvalue weighted by Crippen LogP contribution is 2.35. The molecule has 1 aromatic carbocycles. The van der Waals surface area contributed by atoms with Gasteiger partial charge in [-0.25, -0.2) is 9.37 Å². The number of aromatic hydroxyl groups is 1. The topological polar surface area (TPSA) is 69.8 Å². The fraction of sp³-hybridized carbons (Fsp3) is 0.0625. The van der Waals surface area contributed by atoms with Gasteiger partial charge in [0.15, 0.2) is 0 Å². The molecule has 23 heavy (non-hydrogen) atoms. The van der Waals surface area contributed by atoms with Crippen molar-refractivity contribution in [1.29, 1.82) is 5.26 Å². The molecule has 2 heterocycles. The number of hydrogen-bond donors (Lipinski definition) is 1. The lowest BCUT2D eigenvalue weighted by Gasteiger charge is -2.09. The van der Waals surface area contributed by atoms with Crippen molar-refractivity contribution in [3.8, 4) is 11.9 Å². The molecule has 1 N–H and O–H groups in total. The largest absolute Gasteiger partial charge is 0.492 e. The smallest absolute Gasteiger partial charge is 0.230 e. The van der Waals surface area contributed by atoms with Gasteiger partial charge in [-0.3, -0.25) is 4.98 Å². The van der Waals surface area contributed by atoms with Crippen molar-refractivity contribution in [2.45, 2.75) is 10.8 Å². The van der Waals surface area contributed by atoms with E-state index in [1.165, 1.54) is 30.0 Å². The monoisotopic (exact) mass is 345 g/mol. The highest BCUT2D eigenvalue weighted by atomic mass is 35.5. The zero-order valence-electron chi connectivity index (χ0n) is 11.6. The van der Waals surface area contributed by atoms with E-state index in [4.69, 9.17) is 16.9 Å². The molecule has 0 radical (unpaired) electrons. The lowest BCUT2D eigenvalue weighted by molar-refractivity contribution is 0.448. The summed E-state index contributed by atoms with van der Waals surface area (Å²) in [7, 11) is 0. The maximum atomic E-state index is 13.6. The molecule has 114 valence electrons. The number of benzene rings is 1. The molecule has 0 fully saturated rings. The highest BCUT2D eigenvalue weighted by Gasteiger charge is 2.15. The Balaban J connectivity index is 2.06. The number of fused-ring (bicyclic) bond motifs is 1. The third kappa shape index (κ3) is 3.07. The Morgan fingerprint density at radius 2 is 2.13 bits per heavy atom. The summed E-state index contributed by atoms with van der Waals surface area (Å²) < 4.78 is 13.6. The lowest BCUT2D eigenvalue weighted by atomic mass is 10.1. The average Bonchev–Trinajstić information content (AvgIpc) is 2.54. The maximum Gasteiger partial charge on any atom is 0.230 e. The van der Waals surface area contributed by atoms with Gasteiger partial charge in [0.05, 0.1) is 0 Å². The van der Waals surface area contributed by atoms with Crippen LogP contribution in [0.25, 0.3) is 10.8 Å². The Hall–Kier alpha value is -2.36. The van der Waals surface area contributed by atoms with Crippen LogP contribution in [-0.4, -0.2) is 15.1 Å². The van der Waals surface area contributed by atoms with Gasteiger partial charge in [0.1, 0.15) is 22.5 Å². The van der Waals surface area contributed by atoms with Crippen LogP contribution in [0.5, 0.6) is 5.88 Å². The second-order valence-corrected chi connectivity index (χ2v) is 6.04. The first-order valence-electron chi connectivity index (χ1n) is 6.53. The molecule has 0 atom stereocenters. The van der Waals surface area contributed by atoms with Crippen LogP contribution in [0.1, 0.15) is 11.1 Å². The molecule has 3 aromatic rings. The molecule has 0 unspecified atom stereocenters. The van der Waals surface area contributed by atoms with Gasteiger partial charge in [-0.2, -0.15) is 5.26 Å². The zero-order valence-corrected chi connectivity index (χ0v) is 13.2. The van der Waals surface area contributed by atoms with Crippen molar-refractivity contribution in [2.24, 2.45) is 0 Å². The summed E-state index contributed by atoms with van der Waals surface area (Å²) in [5.74, 6) is -0.349. The fourth-order valence-electron chi connectivity index (χ4n) is 2.13. The van der Waals surface area contributed by atoms with Gasteiger partial charge in [-0.15, -0.1) is 11.8 Å². The molecule has 4 nitrogen and oxygen atoms in total. The molecule has 0 bridgehead atoms. The second-order valence-electron chi connectivity index (χ2n) is 4.67. The minimum atomic E-state index is -0.435. The first kappa shape index (κ1) is 15.5. The second kappa shape index (κ2) is 6.41. The number of hydrogen-bond acceptors (Lipinski definition) is 5. The van der Waals surface area contributed by atoms with E-state index in [-0.39, 0.29) is 11.4 Å². The summed E-state index contributed by atoms with van der Waals surface area (Å²) in [6, 6.07) is 7.58. The summed E-state index contributed by atoms with van der Waals surface area (Å²) >= 11 is 7.37. The van der Waals surface area contributed by atoms with Crippen LogP contribution in [0.3, 0.4) is 0 Å². The van der Waals surface area contributed by atoms with Crippen LogP contribution in [0.15, 0.2) is 41.7 Å². The SMILES string of the molecule is N#Cc1c(O)nc(SCc2cnccc2Cl)c2cc(F)ccc12. The Morgan fingerprint density at radius 3 is 2.87 bits per heavy atom. The number of halogens is 2. The Kier molecular flexibility index (Phi) is 4.33. The van der Waals surface area contributed by atoms with Gasteiger partial charge < -0.3 is 5.11 Å². The molecule has 0 spiro atoms. The molecule has 2 aromatic heterocycles. The first-order valence-corrected chi connectivity index (χ1v) is 7.90. The summed E-state index contributed by atoms with van der Waals surface area (Å²) in [5.41, 5.74) is 0.832. The van der Waals surface area contributed by atoms with Gasteiger partial charge in [0.25, 0.3) is 0 Å². The standard InChI is InChI=1S/C16H9ClFN3OS/c17-14-3-4-20-7-9(14)8-23-16-12-5-10(18)1-2-11(12)13(6-19)15(22)21-16/h1-5,7H,8H2,(H,21,22). The maximum absolute atomic E-state index is 13.6. The molecular formula is C16H9ClFN3OS. The van der Waals surface area contributed by atoms with E-state index in [0.29, 0.717) is 26.6 Å². The van der Waals surface area contributed by atoms with Crippen LogP contribution < -0.4 is 0 Å². The Morgan fingerprint density at radius 1 is 1.30 bits per heavy atom. The molecule has 7 heteroatoms. The van der Waals surface area contributed by atoms with E-state index < -0.39 is 5.82 Å². The number of rotatable bonds is 3. The van der Waals surface area contributed by atoms with Crippen LogP contribution in [-0.2, 0) is 5.75 Å². The van der Waals surface area contributed by atoms with Crippen LogP contribution in [0, 0.1) is 17.1 Å². The molecule has 0 aliphatic carbocycles. The molecule has 0 saturated carbocycles. The first-order chi connectivity index (χ1) is 11.1. The predicted molar refractivity (Wildman–Crippen MR) is 86.9 cm³/mol.